The molecule has 0 atom stereocenters. The van der Waals surface area contributed by atoms with Crippen molar-refractivity contribution in [2.45, 2.75) is 12.8 Å². The van der Waals surface area contributed by atoms with E-state index in [1.54, 1.807) is 12.3 Å². The second-order valence-corrected chi connectivity index (χ2v) is 5.67. The van der Waals surface area contributed by atoms with Gasteiger partial charge in [-0.05, 0) is 30.0 Å². The molecule has 0 N–H and O–H groups in total. The first-order valence-electron chi connectivity index (χ1n) is 5.96. The van der Waals surface area contributed by atoms with Crippen molar-refractivity contribution < 1.29 is 8.81 Å². The molecule has 0 saturated carbocycles. The third kappa shape index (κ3) is 2.65. The minimum atomic E-state index is -0.221. The lowest BCUT2D eigenvalue weighted by Crippen LogP contribution is -1.84. The number of aryl methyl sites for hydroxylation is 1. The summed E-state index contributed by atoms with van der Waals surface area (Å²) in [5, 5.41) is 1.01. The van der Waals surface area contributed by atoms with Crippen LogP contribution < -0.4 is 0 Å². The smallest absolute Gasteiger partial charge is 0.194 e. The molecule has 0 spiro atoms. The summed E-state index contributed by atoms with van der Waals surface area (Å²) in [6.07, 6.45) is 3.30. The second-order valence-electron chi connectivity index (χ2n) is 4.20. The number of thiophene rings is 1. The van der Waals surface area contributed by atoms with Crippen LogP contribution in [-0.4, -0.2) is 10.9 Å². The Labute approximate surface area is 118 Å². The molecular formula is C14H11ClFNOS. The fourth-order valence-electron chi connectivity index (χ4n) is 1.88. The van der Waals surface area contributed by atoms with E-state index >= 15 is 0 Å². The van der Waals surface area contributed by atoms with Gasteiger partial charge in [-0.2, -0.15) is 0 Å². The summed E-state index contributed by atoms with van der Waals surface area (Å²) < 4.78 is 19.7. The molecule has 19 heavy (non-hydrogen) atoms. The Morgan fingerprint density at radius 1 is 1.32 bits per heavy atom. The Hall–Kier alpha value is -1.39. The van der Waals surface area contributed by atoms with Crippen LogP contribution in [0, 0.1) is 5.82 Å². The maximum atomic E-state index is 13.2. The molecule has 1 aromatic carbocycles. The van der Waals surface area contributed by atoms with Gasteiger partial charge in [0.15, 0.2) is 11.7 Å². The molecule has 0 radical (unpaired) electrons. The van der Waals surface area contributed by atoms with Crippen molar-refractivity contribution in [2.24, 2.45) is 0 Å². The predicted molar refractivity (Wildman–Crippen MR) is 76.3 cm³/mol. The molecular weight excluding hydrogens is 285 g/mol. The maximum absolute atomic E-state index is 13.2. The van der Waals surface area contributed by atoms with Crippen molar-refractivity contribution in [3.8, 4) is 10.6 Å². The Morgan fingerprint density at radius 2 is 2.21 bits per heavy atom. The molecule has 0 bridgehead atoms. The highest BCUT2D eigenvalue weighted by molar-refractivity contribution is 7.22. The van der Waals surface area contributed by atoms with Gasteiger partial charge in [-0.1, -0.05) is 6.07 Å². The van der Waals surface area contributed by atoms with Crippen LogP contribution in [0.25, 0.3) is 20.7 Å². The Bertz CT molecular complexity index is 706. The average molecular weight is 296 g/mol. The molecule has 0 aliphatic rings. The van der Waals surface area contributed by atoms with Crippen LogP contribution >= 0.6 is 22.9 Å². The summed E-state index contributed by atoms with van der Waals surface area (Å²) in [4.78, 5) is 5.19. The maximum Gasteiger partial charge on any atom is 0.194 e. The molecule has 0 amide bonds. The van der Waals surface area contributed by atoms with Crippen molar-refractivity contribution in [3.05, 3.63) is 42.2 Å². The van der Waals surface area contributed by atoms with E-state index < -0.39 is 0 Å². The third-order valence-corrected chi connectivity index (χ3v) is 4.18. The standard InChI is InChI=1S/C14H11ClFNOS/c15-5-1-2-14-17-8-11(18-14)13-6-9-3-4-10(16)7-12(9)19-13/h3-4,6-8H,1-2,5H2. The zero-order valence-corrected chi connectivity index (χ0v) is 11.6. The highest BCUT2D eigenvalue weighted by Crippen LogP contribution is 2.34. The number of hydrogen-bond donors (Lipinski definition) is 0. The first-order valence-corrected chi connectivity index (χ1v) is 7.31. The van der Waals surface area contributed by atoms with E-state index in [9.17, 15) is 4.39 Å². The topological polar surface area (TPSA) is 26.0 Å². The van der Waals surface area contributed by atoms with E-state index in [1.807, 2.05) is 6.07 Å². The van der Waals surface area contributed by atoms with Gasteiger partial charge in [0.2, 0.25) is 0 Å². The number of halogens is 2. The number of aromatic nitrogens is 1. The molecule has 98 valence electrons. The van der Waals surface area contributed by atoms with E-state index in [0.717, 1.165) is 33.6 Å². The number of alkyl halides is 1. The Balaban J connectivity index is 1.92. The molecule has 0 saturated heterocycles. The zero-order valence-electron chi connectivity index (χ0n) is 10.0. The largest absolute Gasteiger partial charge is 0.440 e. The lowest BCUT2D eigenvalue weighted by atomic mass is 10.2. The summed E-state index contributed by atoms with van der Waals surface area (Å²) in [5.74, 6) is 1.80. The molecule has 3 aromatic rings. The highest BCUT2D eigenvalue weighted by Gasteiger charge is 2.10. The number of benzene rings is 1. The molecule has 2 aromatic heterocycles. The van der Waals surface area contributed by atoms with E-state index in [0.29, 0.717) is 11.8 Å². The molecule has 3 rings (SSSR count). The number of fused-ring (bicyclic) bond motifs is 1. The van der Waals surface area contributed by atoms with Crippen LogP contribution in [0.5, 0.6) is 0 Å². The van der Waals surface area contributed by atoms with Crippen LogP contribution in [0.2, 0.25) is 0 Å². The van der Waals surface area contributed by atoms with Crippen molar-refractivity contribution in [3.63, 3.8) is 0 Å². The highest BCUT2D eigenvalue weighted by atomic mass is 35.5. The van der Waals surface area contributed by atoms with E-state index in [4.69, 9.17) is 16.0 Å². The summed E-state index contributed by atoms with van der Waals surface area (Å²) in [6, 6.07) is 6.76. The molecule has 5 heteroatoms. The molecule has 0 unspecified atom stereocenters. The normalized spacial score (nSPS) is 11.3. The van der Waals surface area contributed by atoms with Crippen molar-refractivity contribution in [1.29, 1.82) is 0 Å². The van der Waals surface area contributed by atoms with Gasteiger partial charge in [0, 0.05) is 17.0 Å². The summed E-state index contributed by atoms with van der Waals surface area (Å²) in [5.41, 5.74) is 0. The van der Waals surface area contributed by atoms with Gasteiger partial charge < -0.3 is 4.42 Å². The minimum absolute atomic E-state index is 0.221. The second kappa shape index (κ2) is 5.31. The van der Waals surface area contributed by atoms with Gasteiger partial charge in [-0.3, -0.25) is 0 Å². The fourth-order valence-corrected chi connectivity index (χ4v) is 3.05. The quantitative estimate of drug-likeness (QED) is 0.642. The van der Waals surface area contributed by atoms with E-state index in [2.05, 4.69) is 4.98 Å². The summed E-state index contributed by atoms with van der Waals surface area (Å²) in [7, 11) is 0. The Kier molecular flexibility index (Phi) is 3.53. The molecule has 2 heterocycles. The predicted octanol–water partition coefficient (Wildman–Crippen LogP) is 4.87. The first kappa shape index (κ1) is 12.6. The number of nitrogens with zero attached hydrogens (tertiary/aromatic N) is 1. The number of hydrogen-bond acceptors (Lipinski definition) is 3. The number of oxazole rings is 1. The molecule has 0 aliphatic carbocycles. The van der Waals surface area contributed by atoms with Crippen LogP contribution in [0.1, 0.15) is 12.3 Å². The lowest BCUT2D eigenvalue weighted by Gasteiger charge is -1.91. The molecule has 2 nitrogen and oxygen atoms in total. The van der Waals surface area contributed by atoms with Gasteiger partial charge >= 0.3 is 0 Å². The number of rotatable bonds is 4. The van der Waals surface area contributed by atoms with Crippen LogP contribution in [0.4, 0.5) is 4.39 Å². The monoisotopic (exact) mass is 295 g/mol. The van der Waals surface area contributed by atoms with Gasteiger partial charge in [0.05, 0.1) is 11.1 Å². The van der Waals surface area contributed by atoms with Crippen molar-refractivity contribution in [2.75, 3.05) is 5.88 Å². The molecule has 0 fully saturated rings. The van der Waals surface area contributed by atoms with E-state index in [1.165, 1.54) is 23.5 Å². The average Bonchev–Trinajstić information content (AvgIpc) is 3.01. The van der Waals surface area contributed by atoms with Crippen LogP contribution in [0.15, 0.2) is 34.9 Å². The van der Waals surface area contributed by atoms with Gasteiger partial charge in [0.1, 0.15) is 5.82 Å². The van der Waals surface area contributed by atoms with Gasteiger partial charge in [-0.15, -0.1) is 22.9 Å². The van der Waals surface area contributed by atoms with E-state index in [-0.39, 0.29) is 5.82 Å². The van der Waals surface area contributed by atoms with Crippen molar-refractivity contribution in [1.82, 2.24) is 4.98 Å². The minimum Gasteiger partial charge on any atom is -0.440 e. The van der Waals surface area contributed by atoms with Crippen LogP contribution in [0.3, 0.4) is 0 Å². The summed E-state index contributed by atoms with van der Waals surface area (Å²) >= 11 is 7.14. The zero-order chi connectivity index (χ0) is 13.2. The third-order valence-electron chi connectivity index (χ3n) is 2.80. The lowest BCUT2D eigenvalue weighted by molar-refractivity contribution is 0.504. The first-order chi connectivity index (χ1) is 9.26. The van der Waals surface area contributed by atoms with Crippen LogP contribution in [-0.2, 0) is 6.42 Å². The summed E-state index contributed by atoms with van der Waals surface area (Å²) in [6.45, 7) is 0. The Morgan fingerprint density at radius 3 is 3.05 bits per heavy atom. The fraction of sp³-hybridized carbons (Fsp3) is 0.214. The van der Waals surface area contributed by atoms with Crippen molar-refractivity contribution >= 4 is 33.0 Å². The SMILES string of the molecule is Fc1ccc2cc(-c3cnc(CCCCl)o3)sc2c1. The van der Waals surface area contributed by atoms with Gasteiger partial charge in [0.25, 0.3) is 0 Å². The molecule has 0 aliphatic heterocycles. The van der Waals surface area contributed by atoms with Gasteiger partial charge in [-0.25, -0.2) is 9.37 Å².